The minimum atomic E-state index is -0.475. The lowest BCUT2D eigenvalue weighted by atomic mass is 9.95. The molecule has 0 bridgehead atoms. The van der Waals surface area contributed by atoms with Crippen molar-refractivity contribution in [3.8, 4) is 5.75 Å². The van der Waals surface area contributed by atoms with E-state index in [4.69, 9.17) is 10.5 Å². The molecular formula is C19H25N5O2. The summed E-state index contributed by atoms with van der Waals surface area (Å²) < 4.78 is 7.47. The summed E-state index contributed by atoms with van der Waals surface area (Å²) in [5.41, 5.74) is 7.71. The van der Waals surface area contributed by atoms with Gasteiger partial charge in [0.05, 0.1) is 12.2 Å². The Bertz CT molecular complexity index is 795. The summed E-state index contributed by atoms with van der Waals surface area (Å²) >= 11 is 0. The van der Waals surface area contributed by atoms with Crippen molar-refractivity contribution in [2.45, 2.75) is 45.6 Å². The van der Waals surface area contributed by atoms with Crippen molar-refractivity contribution in [1.29, 1.82) is 0 Å². The molecule has 2 heterocycles. The molecule has 0 radical (unpaired) electrons. The number of carbonyl (C=O) groups excluding carboxylic acids is 1. The number of nitrogens with two attached hydrogens (primary N) is 1. The van der Waals surface area contributed by atoms with Crippen molar-refractivity contribution >= 4 is 11.9 Å². The number of anilines is 1. The van der Waals surface area contributed by atoms with Crippen LogP contribution in [0.4, 0.5) is 5.95 Å². The number of primary amides is 1. The second-order valence-electron chi connectivity index (χ2n) is 6.44. The van der Waals surface area contributed by atoms with Gasteiger partial charge in [0, 0.05) is 5.70 Å². The minimum Gasteiger partial charge on any atom is -0.494 e. The molecular weight excluding hydrogens is 330 g/mol. The van der Waals surface area contributed by atoms with Crippen LogP contribution in [0.5, 0.6) is 5.75 Å². The van der Waals surface area contributed by atoms with E-state index in [-0.39, 0.29) is 0 Å². The number of rotatable bonds is 8. The average Bonchev–Trinajstić information content (AvgIpc) is 3.08. The molecule has 3 rings (SSSR count). The Hall–Kier alpha value is -2.83. The standard InChI is InChI=1S/C19H25N5O2/c1-3-4-5-6-11-26-15-9-7-14(8-10-15)17-16(18(20)25)13(2)23-19-21-12-22-24(17)19/h7-10,12,17H,3-6,11H2,1-2H3,(H2,20,25)(H,21,22,23). The van der Waals surface area contributed by atoms with Gasteiger partial charge in [-0.15, -0.1) is 0 Å². The third-order valence-corrected chi connectivity index (χ3v) is 4.52. The van der Waals surface area contributed by atoms with Gasteiger partial charge in [-0.2, -0.15) is 10.1 Å². The van der Waals surface area contributed by atoms with Crippen LogP contribution in [0.3, 0.4) is 0 Å². The van der Waals surface area contributed by atoms with E-state index in [1.54, 1.807) is 4.68 Å². The third-order valence-electron chi connectivity index (χ3n) is 4.52. The van der Waals surface area contributed by atoms with Crippen molar-refractivity contribution in [2.24, 2.45) is 5.73 Å². The molecule has 0 aliphatic carbocycles. The zero-order chi connectivity index (χ0) is 18.5. The number of carbonyl (C=O) groups is 1. The zero-order valence-corrected chi connectivity index (χ0v) is 15.2. The molecule has 2 aromatic rings. The monoisotopic (exact) mass is 355 g/mol. The molecule has 0 saturated heterocycles. The van der Waals surface area contributed by atoms with Crippen molar-refractivity contribution in [1.82, 2.24) is 14.8 Å². The molecule has 7 heteroatoms. The van der Waals surface area contributed by atoms with Gasteiger partial charge in [-0.3, -0.25) is 4.79 Å². The lowest BCUT2D eigenvalue weighted by molar-refractivity contribution is -0.115. The number of allylic oxidation sites excluding steroid dienone is 1. The molecule has 1 aromatic carbocycles. The molecule has 26 heavy (non-hydrogen) atoms. The van der Waals surface area contributed by atoms with Crippen LogP contribution in [0.2, 0.25) is 0 Å². The summed E-state index contributed by atoms with van der Waals surface area (Å²) in [6, 6.07) is 7.33. The van der Waals surface area contributed by atoms with Crippen LogP contribution in [0.15, 0.2) is 41.9 Å². The van der Waals surface area contributed by atoms with Crippen LogP contribution < -0.4 is 15.8 Å². The summed E-state index contributed by atoms with van der Waals surface area (Å²) in [5, 5.41) is 7.32. The fraction of sp³-hybridized carbons (Fsp3) is 0.421. The van der Waals surface area contributed by atoms with Crippen LogP contribution in [0.25, 0.3) is 0 Å². The minimum absolute atomic E-state index is 0.398. The Morgan fingerprint density at radius 3 is 2.73 bits per heavy atom. The van der Waals surface area contributed by atoms with Crippen molar-refractivity contribution in [3.63, 3.8) is 0 Å². The number of nitrogens with zero attached hydrogens (tertiary/aromatic N) is 3. The number of unbranched alkanes of at least 4 members (excludes halogenated alkanes) is 3. The predicted octanol–water partition coefficient (Wildman–Crippen LogP) is 3.01. The SMILES string of the molecule is CCCCCCOc1ccc(C2C(C(N)=O)=C(C)Nc3ncnn32)cc1. The number of hydrogen-bond acceptors (Lipinski definition) is 5. The van der Waals surface area contributed by atoms with E-state index in [0.29, 0.717) is 23.8 Å². The van der Waals surface area contributed by atoms with Gasteiger partial charge in [0.2, 0.25) is 11.9 Å². The van der Waals surface area contributed by atoms with Gasteiger partial charge in [0.15, 0.2) is 0 Å². The second-order valence-corrected chi connectivity index (χ2v) is 6.44. The van der Waals surface area contributed by atoms with Crippen LogP contribution in [-0.4, -0.2) is 27.3 Å². The first-order valence-electron chi connectivity index (χ1n) is 9.01. The number of nitrogens with one attached hydrogen (secondary N) is 1. The highest BCUT2D eigenvalue weighted by molar-refractivity contribution is 5.95. The Labute approximate surface area is 153 Å². The number of ether oxygens (including phenoxy) is 1. The number of amides is 1. The van der Waals surface area contributed by atoms with Gasteiger partial charge >= 0.3 is 0 Å². The van der Waals surface area contributed by atoms with Gasteiger partial charge in [-0.05, 0) is 31.0 Å². The fourth-order valence-corrected chi connectivity index (χ4v) is 3.18. The molecule has 0 spiro atoms. The molecule has 1 atom stereocenters. The molecule has 138 valence electrons. The topological polar surface area (TPSA) is 95.1 Å². The van der Waals surface area contributed by atoms with Gasteiger partial charge in [0.1, 0.15) is 18.1 Å². The highest BCUT2D eigenvalue weighted by Crippen LogP contribution is 2.34. The Kier molecular flexibility index (Phi) is 5.55. The number of hydrogen-bond donors (Lipinski definition) is 2. The Morgan fingerprint density at radius 1 is 1.27 bits per heavy atom. The number of aromatic nitrogens is 3. The lowest BCUT2D eigenvalue weighted by Crippen LogP contribution is -2.31. The average molecular weight is 355 g/mol. The number of benzene rings is 1. The van der Waals surface area contributed by atoms with Gasteiger partial charge in [0.25, 0.3) is 0 Å². The summed E-state index contributed by atoms with van der Waals surface area (Å²) in [7, 11) is 0. The molecule has 1 amide bonds. The maximum absolute atomic E-state index is 12.0. The molecule has 0 fully saturated rings. The van der Waals surface area contributed by atoms with Gasteiger partial charge in [-0.1, -0.05) is 38.3 Å². The second kappa shape index (κ2) is 8.03. The van der Waals surface area contributed by atoms with Crippen LogP contribution >= 0.6 is 0 Å². The van der Waals surface area contributed by atoms with Crippen molar-refractivity contribution in [2.75, 3.05) is 11.9 Å². The van der Waals surface area contributed by atoms with E-state index in [2.05, 4.69) is 22.3 Å². The maximum atomic E-state index is 12.0. The van der Waals surface area contributed by atoms with E-state index in [1.165, 1.54) is 25.6 Å². The molecule has 1 unspecified atom stereocenters. The zero-order valence-electron chi connectivity index (χ0n) is 15.2. The summed E-state index contributed by atoms with van der Waals surface area (Å²) in [6.07, 6.45) is 6.15. The first-order valence-corrected chi connectivity index (χ1v) is 9.01. The van der Waals surface area contributed by atoms with E-state index in [1.807, 2.05) is 31.2 Å². The first kappa shape index (κ1) is 18.0. The smallest absolute Gasteiger partial charge is 0.248 e. The molecule has 1 aliphatic rings. The Balaban J connectivity index is 1.78. The largest absolute Gasteiger partial charge is 0.494 e. The first-order chi connectivity index (χ1) is 12.6. The summed E-state index contributed by atoms with van der Waals surface area (Å²) in [5.74, 6) is 0.936. The molecule has 1 aromatic heterocycles. The quantitative estimate of drug-likeness (QED) is 0.710. The maximum Gasteiger partial charge on any atom is 0.248 e. The molecule has 0 saturated carbocycles. The molecule has 3 N–H and O–H groups in total. The van der Waals surface area contributed by atoms with Crippen LogP contribution in [-0.2, 0) is 4.79 Å². The summed E-state index contributed by atoms with van der Waals surface area (Å²) in [4.78, 5) is 16.2. The molecule has 1 aliphatic heterocycles. The van der Waals surface area contributed by atoms with E-state index in [0.717, 1.165) is 17.7 Å². The fourth-order valence-electron chi connectivity index (χ4n) is 3.18. The predicted molar refractivity (Wildman–Crippen MR) is 99.8 cm³/mol. The van der Waals surface area contributed by atoms with Crippen molar-refractivity contribution < 1.29 is 9.53 Å². The highest BCUT2D eigenvalue weighted by atomic mass is 16.5. The van der Waals surface area contributed by atoms with Gasteiger partial charge < -0.3 is 15.8 Å². The van der Waals surface area contributed by atoms with Crippen LogP contribution in [0.1, 0.15) is 51.1 Å². The lowest BCUT2D eigenvalue weighted by Gasteiger charge is -2.27. The van der Waals surface area contributed by atoms with E-state index in [9.17, 15) is 4.79 Å². The Morgan fingerprint density at radius 2 is 2.04 bits per heavy atom. The van der Waals surface area contributed by atoms with Gasteiger partial charge in [-0.25, -0.2) is 4.68 Å². The molecule has 7 nitrogen and oxygen atoms in total. The summed E-state index contributed by atoms with van der Waals surface area (Å²) in [6.45, 7) is 4.72. The van der Waals surface area contributed by atoms with Crippen LogP contribution in [0, 0.1) is 0 Å². The number of fused-ring (bicyclic) bond motifs is 1. The highest BCUT2D eigenvalue weighted by Gasteiger charge is 2.32. The van der Waals surface area contributed by atoms with E-state index >= 15 is 0 Å². The normalized spacial score (nSPS) is 16.2. The van der Waals surface area contributed by atoms with E-state index < -0.39 is 11.9 Å². The third kappa shape index (κ3) is 3.71. The van der Waals surface area contributed by atoms with Crippen molar-refractivity contribution in [3.05, 3.63) is 47.4 Å².